The van der Waals surface area contributed by atoms with Crippen LogP contribution in [0.4, 0.5) is 13.2 Å². The van der Waals surface area contributed by atoms with Gasteiger partial charge in [-0.25, -0.2) is 4.79 Å². The highest BCUT2D eigenvalue weighted by Crippen LogP contribution is 2.30. The first-order chi connectivity index (χ1) is 10.2. The molecule has 1 aliphatic heterocycles. The summed E-state index contributed by atoms with van der Waals surface area (Å²) in [7, 11) is 0. The van der Waals surface area contributed by atoms with E-state index in [1.54, 1.807) is 0 Å². The first-order valence-electron chi connectivity index (χ1n) is 5.81. The highest BCUT2D eigenvalue weighted by atomic mass is 79.9. The van der Waals surface area contributed by atoms with Crippen molar-refractivity contribution in [2.45, 2.75) is 19.2 Å². The fourth-order valence-corrected chi connectivity index (χ4v) is 2.00. The van der Waals surface area contributed by atoms with Crippen LogP contribution in [0.1, 0.15) is 23.2 Å². The number of rotatable bonds is 3. The van der Waals surface area contributed by atoms with Gasteiger partial charge in [-0.2, -0.15) is 0 Å². The molecule has 0 N–H and O–H groups in total. The third-order valence-electron chi connectivity index (χ3n) is 2.57. The Labute approximate surface area is 129 Å². The number of hydroxylamine groups is 2. The van der Waals surface area contributed by atoms with Crippen LogP contribution in [0, 0.1) is 0 Å². The molecule has 0 aromatic heterocycles. The molecule has 1 fully saturated rings. The van der Waals surface area contributed by atoms with E-state index < -0.39 is 35.5 Å². The molecule has 118 valence electrons. The van der Waals surface area contributed by atoms with Crippen LogP contribution < -0.4 is 4.74 Å². The second-order valence-electron chi connectivity index (χ2n) is 4.15. The molecule has 2 amide bonds. The van der Waals surface area contributed by atoms with Crippen molar-refractivity contribution in [3.8, 4) is 5.75 Å². The summed E-state index contributed by atoms with van der Waals surface area (Å²) in [4.78, 5) is 39.1. The van der Waals surface area contributed by atoms with E-state index in [0.29, 0.717) is 0 Å². The molecule has 6 nitrogen and oxygen atoms in total. The lowest BCUT2D eigenvalue weighted by Crippen LogP contribution is -2.32. The molecule has 0 bridgehead atoms. The van der Waals surface area contributed by atoms with Gasteiger partial charge in [0.25, 0.3) is 11.8 Å². The number of hydrogen-bond acceptors (Lipinski definition) is 5. The fourth-order valence-electron chi connectivity index (χ4n) is 1.66. The lowest BCUT2D eigenvalue weighted by Gasteiger charge is -2.15. The van der Waals surface area contributed by atoms with Gasteiger partial charge in [0, 0.05) is 17.3 Å². The van der Waals surface area contributed by atoms with Crippen LogP contribution in [0.5, 0.6) is 5.75 Å². The van der Waals surface area contributed by atoms with Gasteiger partial charge in [0.05, 0.1) is 0 Å². The first kappa shape index (κ1) is 16.3. The number of benzene rings is 1. The van der Waals surface area contributed by atoms with E-state index in [1.807, 2.05) is 0 Å². The quantitative estimate of drug-likeness (QED) is 0.752. The predicted octanol–water partition coefficient (Wildman–Crippen LogP) is 2.57. The van der Waals surface area contributed by atoms with Gasteiger partial charge in [-0.1, -0.05) is 15.9 Å². The molecule has 0 atom stereocenters. The molecule has 1 heterocycles. The van der Waals surface area contributed by atoms with E-state index in [4.69, 9.17) is 0 Å². The molecule has 0 aliphatic carbocycles. The summed E-state index contributed by atoms with van der Waals surface area (Å²) in [6, 6.07) is 3.21. The van der Waals surface area contributed by atoms with Crippen LogP contribution >= 0.6 is 15.9 Å². The van der Waals surface area contributed by atoms with E-state index in [0.717, 1.165) is 12.1 Å². The van der Waals surface area contributed by atoms with Crippen molar-refractivity contribution in [3.63, 3.8) is 0 Å². The second-order valence-corrected chi connectivity index (χ2v) is 5.06. The minimum Gasteiger partial charge on any atom is -0.405 e. The zero-order valence-electron chi connectivity index (χ0n) is 10.6. The Bertz CT molecular complexity index is 630. The number of imide groups is 1. The molecule has 0 unspecified atom stereocenters. The van der Waals surface area contributed by atoms with Gasteiger partial charge >= 0.3 is 12.3 Å². The van der Waals surface area contributed by atoms with E-state index in [1.165, 1.54) is 6.07 Å². The van der Waals surface area contributed by atoms with Crippen molar-refractivity contribution in [1.29, 1.82) is 0 Å². The van der Waals surface area contributed by atoms with Gasteiger partial charge in [0.15, 0.2) is 0 Å². The summed E-state index contributed by atoms with van der Waals surface area (Å²) in [6.45, 7) is 0. The molecule has 1 aromatic carbocycles. The zero-order chi connectivity index (χ0) is 16.5. The smallest absolute Gasteiger partial charge is 0.405 e. The molecule has 0 spiro atoms. The Balaban J connectivity index is 2.25. The molecule has 10 heteroatoms. The SMILES string of the molecule is O=C(ON1C(=O)CCC1=O)c1ccc(Br)cc1OC(F)(F)F. The fraction of sp³-hybridized carbons (Fsp3) is 0.250. The minimum atomic E-state index is -5.02. The number of amides is 2. The Morgan fingerprint density at radius 1 is 1.18 bits per heavy atom. The third-order valence-corrected chi connectivity index (χ3v) is 3.06. The number of alkyl halides is 3. The summed E-state index contributed by atoms with van der Waals surface area (Å²) >= 11 is 2.94. The maximum absolute atomic E-state index is 12.3. The van der Waals surface area contributed by atoms with Gasteiger partial charge in [0.2, 0.25) is 0 Å². The van der Waals surface area contributed by atoms with E-state index in [2.05, 4.69) is 25.5 Å². The lowest BCUT2D eigenvalue weighted by molar-refractivity contribution is -0.274. The van der Waals surface area contributed by atoms with Crippen LogP contribution in [0.2, 0.25) is 0 Å². The number of nitrogens with zero attached hydrogens (tertiary/aromatic N) is 1. The highest BCUT2D eigenvalue weighted by Gasteiger charge is 2.36. The summed E-state index contributed by atoms with van der Waals surface area (Å²) in [6.07, 6.45) is -5.27. The van der Waals surface area contributed by atoms with Crippen LogP contribution in [-0.2, 0) is 14.4 Å². The largest absolute Gasteiger partial charge is 0.573 e. The maximum atomic E-state index is 12.3. The maximum Gasteiger partial charge on any atom is 0.573 e. The van der Waals surface area contributed by atoms with Crippen molar-refractivity contribution in [2.75, 3.05) is 0 Å². The Morgan fingerprint density at radius 2 is 1.77 bits per heavy atom. The molecule has 1 aromatic rings. The number of hydrogen-bond donors (Lipinski definition) is 0. The third kappa shape index (κ3) is 3.75. The van der Waals surface area contributed by atoms with Crippen LogP contribution in [-0.4, -0.2) is 29.2 Å². The standard InChI is InChI=1S/C12H7BrF3NO5/c13-6-1-2-7(8(5-6)21-12(14,15)16)11(20)22-17-9(18)3-4-10(17)19/h1-2,5H,3-4H2. The van der Waals surface area contributed by atoms with Crippen molar-refractivity contribution in [2.24, 2.45) is 0 Å². The van der Waals surface area contributed by atoms with Gasteiger partial charge < -0.3 is 9.57 Å². The number of ether oxygens (including phenoxy) is 1. The Hall–Kier alpha value is -2.10. The van der Waals surface area contributed by atoms with Crippen LogP contribution in [0.15, 0.2) is 22.7 Å². The van der Waals surface area contributed by atoms with Gasteiger partial charge in [0.1, 0.15) is 11.3 Å². The zero-order valence-corrected chi connectivity index (χ0v) is 12.2. The van der Waals surface area contributed by atoms with Gasteiger partial charge in [-0.05, 0) is 18.2 Å². The van der Waals surface area contributed by atoms with E-state index >= 15 is 0 Å². The molecule has 1 aliphatic rings. The molecular formula is C12H7BrF3NO5. The summed E-state index contributed by atoms with van der Waals surface area (Å²) in [5.74, 6) is -3.61. The number of halogens is 4. The number of carbonyl (C=O) groups excluding carboxylic acids is 3. The topological polar surface area (TPSA) is 72.9 Å². The minimum absolute atomic E-state index is 0.127. The number of carbonyl (C=O) groups is 3. The molecule has 1 saturated heterocycles. The summed E-state index contributed by atoms with van der Waals surface area (Å²) < 4.78 is 41.0. The van der Waals surface area contributed by atoms with Crippen LogP contribution in [0.25, 0.3) is 0 Å². The monoisotopic (exact) mass is 381 g/mol. The van der Waals surface area contributed by atoms with Crippen LogP contribution in [0.3, 0.4) is 0 Å². The first-order valence-corrected chi connectivity index (χ1v) is 6.60. The second kappa shape index (κ2) is 5.95. The molecule has 0 saturated carbocycles. The Morgan fingerprint density at radius 3 is 2.32 bits per heavy atom. The Kier molecular flexibility index (Phi) is 4.40. The van der Waals surface area contributed by atoms with E-state index in [9.17, 15) is 27.6 Å². The normalized spacial score (nSPS) is 15.2. The van der Waals surface area contributed by atoms with Crippen molar-refractivity contribution in [1.82, 2.24) is 5.06 Å². The average molecular weight is 382 g/mol. The molecule has 0 radical (unpaired) electrons. The predicted molar refractivity (Wildman–Crippen MR) is 67.3 cm³/mol. The molecular weight excluding hydrogens is 375 g/mol. The highest BCUT2D eigenvalue weighted by molar-refractivity contribution is 9.10. The summed E-state index contributed by atoms with van der Waals surface area (Å²) in [5.41, 5.74) is -0.576. The van der Waals surface area contributed by atoms with Gasteiger partial charge in [-0.3, -0.25) is 9.59 Å². The molecule has 2 rings (SSSR count). The van der Waals surface area contributed by atoms with E-state index in [-0.39, 0.29) is 22.4 Å². The van der Waals surface area contributed by atoms with Gasteiger partial charge in [-0.15, -0.1) is 18.2 Å². The van der Waals surface area contributed by atoms with Crippen molar-refractivity contribution >= 4 is 33.7 Å². The summed E-state index contributed by atoms with van der Waals surface area (Å²) in [5, 5.41) is 0.238. The molecule has 22 heavy (non-hydrogen) atoms. The average Bonchev–Trinajstić information content (AvgIpc) is 2.68. The lowest BCUT2D eigenvalue weighted by atomic mass is 10.2. The van der Waals surface area contributed by atoms with Crippen molar-refractivity contribution in [3.05, 3.63) is 28.2 Å². The van der Waals surface area contributed by atoms with Crippen molar-refractivity contribution < 1.29 is 37.1 Å².